The van der Waals surface area contributed by atoms with Gasteiger partial charge in [0.25, 0.3) is 11.8 Å². The summed E-state index contributed by atoms with van der Waals surface area (Å²) in [6.45, 7) is 0. The summed E-state index contributed by atoms with van der Waals surface area (Å²) in [6, 6.07) is 21.7. The molecule has 3 aromatic carbocycles. The summed E-state index contributed by atoms with van der Waals surface area (Å²) in [4.78, 5) is 41.8. The second-order valence-electron chi connectivity index (χ2n) is 5.77. The number of imide groups is 1. The molecule has 1 heterocycles. The maximum atomic E-state index is 12.3. The van der Waals surface area contributed by atoms with Gasteiger partial charge in [0.2, 0.25) is 0 Å². The zero-order chi connectivity index (χ0) is 18.8. The minimum Gasteiger partial charge on any atom is -0.457 e. The van der Waals surface area contributed by atoms with Crippen LogP contribution in [0.3, 0.4) is 0 Å². The molecule has 4 rings (SSSR count). The molecular formula is C21H13NO5. The average Bonchev–Trinajstić information content (AvgIpc) is 2.94. The number of carbonyl (C=O) groups is 3. The molecule has 1 aliphatic heterocycles. The maximum absolute atomic E-state index is 12.3. The number of fused-ring (bicyclic) bond motifs is 1. The minimum atomic E-state index is -0.809. The molecule has 0 N–H and O–H groups in total. The summed E-state index contributed by atoms with van der Waals surface area (Å²) >= 11 is 0. The molecule has 0 saturated carbocycles. The van der Waals surface area contributed by atoms with Crippen molar-refractivity contribution in [3.05, 3.63) is 95.6 Å². The fourth-order valence-corrected chi connectivity index (χ4v) is 2.67. The Morgan fingerprint density at radius 2 is 1.19 bits per heavy atom. The van der Waals surface area contributed by atoms with E-state index in [1.807, 2.05) is 30.3 Å². The van der Waals surface area contributed by atoms with E-state index < -0.39 is 17.8 Å². The predicted octanol–water partition coefficient (Wildman–Crippen LogP) is 3.85. The Labute approximate surface area is 154 Å². The number of hydrogen-bond donors (Lipinski definition) is 0. The first-order valence-corrected chi connectivity index (χ1v) is 8.16. The highest BCUT2D eigenvalue weighted by Crippen LogP contribution is 2.24. The summed E-state index contributed by atoms with van der Waals surface area (Å²) < 4.78 is 5.65. The molecule has 0 bridgehead atoms. The zero-order valence-corrected chi connectivity index (χ0v) is 14.0. The van der Waals surface area contributed by atoms with Crippen LogP contribution in [-0.4, -0.2) is 22.8 Å². The summed E-state index contributed by atoms with van der Waals surface area (Å²) in [5.74, 6) is -0.922. The Morgan fingerprint density at radius 3 is 1.78 bits per heavy atom. The van der Waals surface area contributed by atoms with Crippen molar-refractivity contribution in [3.8, 4) is 11.5 Å². The Kier molecular flexibility index (Phi) is 4.14. The molecule has 6 nitrogen and oxygen atoms in total. The smallest absolute Gasteiger partial charge is 0.363 e. The second-order valence-corrected chi connectivity index (χ2v) is 5.77. The highest BCUT2D eigenvalue weighted by molar-refractivity contribution is 6.21. The van der Waals surface area contributed by atoms with Crippen LogP contribution in [0.4, 0.5) is 0 Å². The quantitative estimate of drug-likeness (QED) is 0.662. The maximum Gasteiger partial charge on any atom is 0.363 e. The van der Waals surface area contributed by atoms with Crippen LogP contribution < -0.4 is 4.74 Å². The van der Waals surface area contributed by atoms with Gasteiger partial charge in [-0.3, -0.25) is 9.59 Å². The number of benzene rings is 3. The van der Waals surface area contributed by atoms with E-state index in [2.05, 4.69) is 0 Å². The molecule has 0 atom stereocenters. The lowest BCUT2D eigenvalue weighted by Gasteiger charge is -2.13. The Bertz CT molecular complexity index is 993. The van der Waals surface area contributed by atoms with Crippen molar-refractivity contribution >= 4 is 17.8 Å². The van der Waals surface area contributed by atoms with Crippen molar-refractivity contribution in [2.24, 2.45) is 0 Å². The van der Waals surface area contributed by atoms with E-state index in [4.69, 9.17) is 9.57 Å². The van der Waals surface area contributed by atoms with Gasteiger partial charge in [-0.25, -0.2) is 4.79 Å². The Balaban J connectivity index is 1.46. The van der Waals surface area contributed by atoms with Crippen LogP contribution in [0.25, 0.3) is 0 Å². The van der Waals surface area contributed by atoms with Crippen LogP contribution >= 0.6 is 0 Å². The zero-order valence-electron chi connectivity index (χ0n) is 14.0. The molecule has 2 amide bonds. The van der Waals surface area contributed by atoms with E-state index in [1.165, 1.54) is 24.3 Å². The number of hydroxylamine groups is 2. The lowest BCUT2D eigenvalue weighted by atomic mass is 10.1. The SMILES string of the molecule is O=C(ON1C(=O)c2ccccc2C1=O)c1ccc(Oc2ccccc2)cc1. The number of carbonyl (C=O) groups excluding carboxylic acids is 3. The summed E-state index contributed by atoms with van der Waals surface area (Å²) in [7, 11) is 0. The summed E-state index contributed by atoms with van der Waals surface area (Å²) in [5.41, 5.74) is 0.607. The van der Waals surface area contributed by atoms with Crippen LogP contribution in [0.15, 0.2) is 78.9 Å². The van der Waals surface area contributed by atoms with E-state index >= 15 is 0 Å². The van der Waals surface area contributed by atoms with Crippen LogP contribution in [0.2, 0.25) is 0 Å². The highest BCUT2D eigenvalue weighted by atomic mass is 16.7. The van der Waals surface area contributed by atoms with Gasteiger partial charge in [0.15, 0.2) is 0 Å². The summed E-state index contributed by atoms with van der Waals surface area (Å²) in [6.07, 6.45) is 0. The molecule has 0 unspecified atom stereocenters. The number of ether oxygens (including phenoxy) is 1. The molecule has 0 aromatic heterocycles. The molecule has 132 valence electrons. The first kappa shape index (κ1) is 16.5. The van der Waals surface area contributed by atoms with Crippen LogP contribution in [0, 0.1) is 0 Å². The van der Waals surface area contributed by atoms with E-state index in [0.717, 1.165) is 0 Å². The topological polar surface area (TPSA) is 72.9 Å². The summed E-state index contributed by atoms with van der Waals surface area (Å²) in [5, 5.41) is 0.487. The second kappa shape index (κ2) is 6.76. The third-order valence-electron chi connectivity index (χ3n) is 4.00. The van der Waals surface area contributed by atoms with Crippen molar-refractivity contribution < 1.29 is 24.0 Å². The van der Waals surface area contributed by atoms with Crippen molar-refractivity contribution in [2.45, 2.75) is 0 Å². The average molecular weight is 359 g/mol. The van der Waals surface area contributed by atoms with Crippen LogP contribution in [-0.2, 0) is 4.84 Å². The van der Waals surface area contributed by atoms with E-state index in [1.54, 1.807) is 24.3 Å². The third-order valence-corrected chi connectivity index (χ3v) is 4.00. The minimum absolute atomic E-state index is 0.187. The highest BCUT2D eigenvalue weighted by Gasteiger charge is 2.38. The molecule has 27 heavy (non-hydrogen) atoms. The lowest BCUT2D eigenvalue weighted by molar-refractivity contribution is -0.0584. The van der Waals surface area contributed by atoms with Gasteiger partial charge >= 0.3 is 5.97 Å². The monoisotopic (exact) mass is 359 g/mol. The lowest BCUT2D eigenvalue weighted by Crippen LogP contribution is -2.32. The molecule has 3 aromatic rings. The van der Waals surface area contributed by atoms with Gasteiger partial charge in [-0.05, 0) is 48.5 Å². The largest absolute Gasteiger partial charge is 0.457 e. The van der Waals surface area contributed by atoms with Crippen molar-refractivity contribution in [2.75, 3.05) is 0 Å². The fraction of sp³-hybridized carbons (Fsp3) is 0. The first-order valence-electron chi connectivity index (χ1n) is 8.16. The molecule has 0 saturated heterocycles. The van der Waals surface area contributed by atoms with E-state index in [0.29, 0.717) is 16.6 Å². The number of nitrogens with zero attached hydrogens (tertiary/aromatic N) is 1. The molecule has 0 fully saturated rings. The van der Waals surface area contributed by atoms with Gasteiger partial charge < -0.3 is 9.57 Å². The van der Waals surface area contributed by atoms with Gasteiger partial charge in [-0.1, -0.05) is 35.4 Å². The molecule has 6 heteroatoms. The van der Waals surface area contributed by atoms with Crippen molar-refractivity contribution in [1.29, 1.82) is 0 Å². The molecule has 1 aliphatic rings. The van der Waals surface area contributed by atoms with Gasteiger partial charge in [-0.15, -0.1) is 0 Å². The van der Waals surface area contributed by atoms with Crippen molar-refractivity contribution in [1.82, 2.24) is 5.06 Å². The van der Waals surface area contributed by atoms with Crippen LogP contribution in [0.1, 0.15) is 31.1 Å². The molecule has 0 spiro atoms. The Hall–Kier alpha value is -3.93. The van der Waals surface area contributed by atoms with E-state index in [9.17, 15) is 14.4 Å². The standard InChI is InChI=1S/C21H13NO5/c23-19-17-8-4-5-9-18(17)20(24)22(19)27-21(25)14-10-12-16(13-11-14)26-15-6-2-1-3-7-15/h1-13H. The fourth-order valence-electron chi connectivity index (χ4n) is 2.67. The number of rotatable bonds is 4. The van der Waals surface area contributed by atoms with Gasteiger partial charge in [0, 0.05) is 0 Å². The first-order chi connectivity index (χ1) is 13.1. The normalized spacial score (nSPS) is 12.7. The molecular weight excluding hydrogens is 346 g/mol. The third kappa shape index (κ3) is 3.16. The number of hydrogen-bond acceptors (Lipinski definition) is 5. The van der Waals surface area contributed by atoms with Crippen molar-refractivity contribution in [3.63, 3.8) is 0 Å². The number of para-hydroxylation sites is 1. The predicted molar refractivity (Wildman–Crippen MR) is 95.3 cm³/mol. The van der Waals surface area contributed by atoms with Gasteiger partial charge in [0.1, 0.15) is 11.5 Å². The molecule has 0 aliphatic carbocycles. The molecule has 0 radical (unpaired) electrons. The number of amides is 2. The van der Waals surface area contributed by atoms with Gasteiger partial charge in [0.05, 0.1) is 16.7 Å². The van der Waals surface area contributed by atoms with Gasteiger partial charge in [-0.2, -0.15) is 0 Å². The van der Waals surface area contributed by atoms with Crippen LogP contribution in [0.5, 0.6) is 11.5 Å². The van der Waals surface area contributed by atoms with E-state index in [-0.39, 0.29) is 16.7 Å². The Morgan fingerprint density at radius 1 is 0.667 bits per heavy atom.